The SMILES string of the molecule is CCOc1ccc(C(O)c2cc(Br)ccc2OCc2ccccc2)cc1. The van der Waals surface area contributed by atoms with Gasteiger partial charge >= 0.3 is 0 Å². The normalized spacial score (nSPS) is 11.8. The summed E-state index contributed by atoms with van der Waals surface area (Å²) < 4.78 is 12.3. The number of rotatable bonds is 7. The molecule has 0 radical (unpaired) electrons. The van der Waals surface area contributed by atoms with Gasteiger partial charge in [0, 0.05) is 10.0 Å². The zero-order valence-corrected chi connectivity index (χ0v) is 16.1. The van der Waals surface area contributed by atoms with Crippen LogP contribution in [-0.2, 0) is 6.61 Å². The fourth-order valence-electron chi connectivity index (χ4n) is 2.69. The van der Waals surface area contributed by atoms with Crippen molar-refractivity contribution >= 4 is 15.9 Å². The predicted octanol–water partition coefficient (Wildman–Crippen LogP) is 5.51. The Hall–Kier alpha value is -2.30. The van der Waals surface area contributed by atoms with Crippen molar-refractivity contribution in [2.45, 2.75) is 19.6 Å². The molecule has 3 nitrogen and oxygen atoms in total. The average Bonchev–Trinajstić information content (AvgIpc) is 2.68. The number of benzene rings is 3. The van der Waals surface area contributed by atoms with Gasteiger partial charge in [-0.05, 0) is 48.4 Å². The molecule has 0 aromatic heterocycles. The van der Waals surface area contributed by atoms with Gasteiger partial charge in [-0.25, -0.2) is 0 Å². The lowest BCUT2D eigenvalue weighted by molar-refractivity contribution is 0.209. The van der Waals surface area contributed by atoms with Crippen LogP contribution in [0, 0.1) is 0 Å². The topological polar surface area (TPSA) is 38.7 Å². The Morgan fingerprint density at radius 1 is 0.923 bits per heavy atom. The number of hydrogen-bond donors (Lipinski definition) is 1. The first-order valence-corrected chi connectivity index (χ1v) is 9.33. The summed E-state index contributed by atoms with van der Waals surface area (Å²) in [5.74, 6) is 1.46. The third kappa shape index (κ3) is 4.65. The van der Waals surface area contributed by atoms with Crippen LogP contribution >= 0.6 is 15.9 Å². The van der Waals surface area contributed by atoms with Gasteiger partial charge in [-0.3, -0.25) is 0 Å². The van der Waals surface area contributed by atoms with E-state index in [-0.39, 0.29) is 0 Å². The minimum absolute atomic E-state index is 0.450. The Kier molecular flexibility index (Phi) is 6.31. The molecular weight excluding hydrogens is 392 g/mol. The minimum atomic E-state index is -0.783. The highest BCUT2D eigenvalue weighted by Gasteiger charge is 2.17. The van der Waals surface area contributed by atoms with Crippen molar-refractivity contribution in [1.29, 1.82) is 0 Å². The maximum atomic E-state index is 10.9. The second kappa shape index (κ2) is 8.88. The van der Waals surface area contributed by atoms with Gasteiger partial charge in [-0.1, -0.05) is 58.4 Å². The number of halogens is 1. The van der Waals surface area contributed by atoms with Crippen molar-refractivity contribution in [2.75, 3.05) is 6.61 Å². The van der Waals surface area contributed by atoms with Gasteiger partial charge in [0.25, 0.3) is 0 Å². The van der Waals surface area contributed by atoms with E-state index in [1.54, 1.807) is 0 Å². The Morgan fingerprint density at radius 3 is 2.35 bits per heavy atom. The molecule has 0 aliphatic heterocycles. The molecular formula is C22H21BrO3. The molecule has 4 heteroatoms. The molecule has 0 heterocycles. The second-order valence-corrected chi connectivity index (χ2v) is 6.78. The lowest BCUT2D eigenvalue weighted by Crippen LogP contribution is -2.05. The molecule has 3 aromatic rings. The van der Waals surface area contributed by atoms with Crippen LogP contribution in [0.15, 0.2) is 77.3 Å². The highest BCUT2D eigenvalue weighted by Crippen LogP contribution is 2.33. The van der Waals surface area contributed by atoms with Crippen molar-refractivity contribution in [3.63, 3.8) is 0 Å². The fraction of sp³-hybridized carbons (Fsp3) is 0.182. The van der Waals surface area contributed by atoms with Gasteiger partial charge in [-0.2, -0.15) is 0 Å². The highest BCUT2D eigenvalue weighted by atomic mass is 79.9. The zero-order valence-electron chi connectivity index (χ0n) is 14.6. The summed E-state index contributed by atoms with van der Waals surface area (Å²) in [7, 11) is 0. The molecule has 0 amide bonds. The van der Waals surface area contributed by atoms with E-state index in [0.717, 1.165) is 26.9 Å². The average molecular weight is 413 g/mol. The van der Waals surface area contributed by atoms with Crippen LogP contribution in [0.4, 0.5) is 0 Å². The maximum absolute atomic E-state index is 10.9. The molecule has 26 heavy (non-hydrogen) atoms. The molecule has 0 saturated heterocycles. The van der Waals surface area contributed by atoms with Crippen LogP contribution in [0.25, 0.3) is 0 Å². The molecule has 3 rings (SSSR count). The largest absolute Gasteiger partial charge is 0.494 e. The van der Waals surface area contributed by atoms with Crippen LogP contribution in [0.3, 0.4) is 0 Å². The lowest BCUT2D eigenvalue weighted by Gasteiger charge is -2.17. The lowest BCUT2D eigenvalue weighted by atomic mass is 10.0. The molecule has 0 aliphatic carbocycles. The Morgan fingerprint density at radius 2 is 1.65 bits per heavy atom. The summed E-state index contributed by atoms with van der Waals surface area (Å²) in [5, 5.41) is 10.9. The molecule has 1 N–H and O–H groups in total. The third-order valence-corrected chi connectivity index (χ3v) is 4.50. The van der Waals surface area contributed by atoms with Gasteiger partial charge in [0.2, 0.25) is 0 Å². The first-order chi connectivity index (χ1) is 12.7. The van der Waals surface area contributed by atoms with Gasteiger partial charge in [0.05, 0.1) is 6.61 Å². The van der Waals surface area contributed by atoms with E-state index in [1.807, 2.05) is 79.7 Å². The zero-order chi connectivity index (χ0) is 18.4. The number of aliphatic hydroxyl groups excluding tert-OH is 1. The highest BCUT2D eigenvalue weighted by molar-refractivity contribution is 9.10. The Balaban J connectivity index is 1.82. The summed E-state index contributed by atoms with van der Waals surface area (Å²) >= 11 is 3.48. The van der Waals surface area contributed by atoms with E-state index in [9.17, 15) is 5.11 Å². The minimum Gasteiger partial charge on any atom is -0.494 e. The van der Waals surface area contributed by atoms with Crippen LogP contribution in [-0.4, -0.2) is 11.7 Å². The van der Waals surface area contributed by atoms with Crippen molar-refractivity contribution in [3.8, 4) is 11.5 Å². The van der Waals surface area contributed by atoms with Gasteiger partial charge in [0.15, 0.2) is 0 Å². The molecule has 0 saturated carbocycles. The van der Waals surface area contributed by atoms with Crippen molar-refractivity contribution in [3.05, 3.63) is 94.0 Å². The molecule has 0 aliphatic rings. The van der Waals surface area contributed by atoms with Gasteiger partial charge < -0.3 is 14.6 Å². The summed E-state index contributed by atoms with van der Waals surface area (Å²) in [6, 6.07) is 23.1. The van der Waals surface area contributed by atoms with Crippen molar-refractivity contribution in [2.24, 2.45) is 0 Å². The van der Waals surface area contributed by atoms with Crippen LogP contribution in [0.1, 0.15) is 29.7 Å². The van der Waals surface area contributed by atoms with Crippen LogP contribution in [0.2, 0.25) is 0 Å². The van der Waals surface area contributed by atoms with Gasteiger partial charge in [0.1, 0.15) is 24.2 Å². The fourth-order valence-corrected chi connectivity index (χ4v) is 3.07. The first kappa shape index (κ1) is 18.5. The summed E-state index contributed by atoms with van der Waals surface area (Å²) in [4.78, 5) is 0. The molecule has 0 fully saturated rings. The van der Waals surface area contributed by atoms with E-state index in [2.05, 4.69) is 15.9 Å². The maximum Gasteiger partial charge on any atom is 0.126 e. The van der Waals surface area contributed by atoms with E-state index < -0.39 is 6.10 Å². The van der Waals surface area contributed by atoms with E-state index in [0.29, 0.717) is 19.0 Å². The van der Waals surface area contributed by atoms with Crippen molar-refractivity contribution < 1.29 is 14.6 Å². The molecule has 3 aromatic carbocycles. The summed E-state index contributed by atoms with van der Waals surface area (Å²) in [5.41, 5.74) is 2.59. The monoisotopic (exact) mass is 412 g/mol. The third-order valence-electron chi connectivity index (χ3n) is 4.01. The van der Waals surface area contributed by atoms with E-state index in [4.69, 9.17) is 9.47 Å². The van der Waals surface area contributed by atoms with E-state index in [1.165, 1.54) is 0 Å². The van der Waals surface area contributed by atoms with Crippen molar-refractivity contribution in [1.82, 2.24) is 0 Å². The molecule has 1 atom stereocenters. The molecule has 134 valence electrons. The number of aliphatic hydroxyl groups is 1. The predicted molar refractivity (Wildman–Crippen MR) is 107 cm³/mol. The summed E-state index contributed by atoms with van der Waals surface area (Å²) in [6.45, 7) is 3.01. The molecule has 0 spiro atoms. The molecule has 1 unspecified atom stereocenters. The first-order valence-electron chi connectivity index (χ1n) is 8.54. The van der Waals surface area contributed by atoms with E-state index >= 15 is 0 Å². The molecule has 0 bridgehead atoms. The van der Waals surface area contributed by atoms with Crippen LogP contribution in [0.5, 0.6) is 11.5 Å². The standard InChI is InChI=1S/C22H21BrO3/c1-2-25-19-11-8-17(9-12-19)22(24)20-14-18(23)10-13-21(20)26-15-16-6-4-3-5-7-16/h3-14,22,24H,2,15H2,1H3. The number of hydrogen-bond acceptors (Lipinski definition) is 3. The van der Waals surface area contributed by atoms with Gasteiger partial charge in [-0.15, -0.1) is 0 Å². The Labute approximate surface area is 162 Å². The smallest absolute Gasteiger partial charge is 0.126 e. The number of ether oxygens (including phenoxy) is 2. The quantitative estimate of drug-likeness (QED) is 0.555. The van der Waals surface area contributed by atoms with Crippen LogP contribution < -0.4 is 9.47 Å². The Bertz CT molecular complexity index is 832. The second-order valence-electron chi connectivity index (χ2n) is 5.86. The summed E-state index contributed by atoms with van der Waals surface area (Å²) in [6.07, 6.45) is -0.783.